The molecule has 7 rings (SSSR count). The number of piperazine rings is 1. The van der Waals surface area contributed by atoms with Crippen LogP contribution in [-0.2, 0) is 19.6 Å². The number of benzene rings is 3. The third-order valence-corrected chi connectivity index (χ3v) is 10.9. The van der Waals surface area contributed by atoms with Crippen molar-refractivity contribution in [2.75, 3.05) is 50.8 Å². The minimum absolute atomic E-state index is 0.0234. The van der Waals surface area contributed by atoms with Crippen molar-refractivity contribution in [3.8, 4) is 34.2 Å². The molecule has 1 amide bonds. The van der Waals surface area contributed by atoms with Gasteiger partial charge in [-0.05, 0) is 65.2 Å². The molecular formula is C38H34N6O5S. The van der Waals surface area contributed by atoms with E-state index in [2.05, 4.69) is 20.8 Å². The first kappa shape index (κ1) is 32.8. The van der Waals surface area contributed by atoms with Crippen LogP contribution in [0, 0.1) is 17.9 Å². The quantitative estimate of drug-likeness (QED) is 0.193. The van der Waals surface area contributed by atoms with Gasteiger partial charge in [-0.2, -0.15) is 5.26 Å². The molecule has 50 heavy (non-hydrogen) atoms. The van der Waals surface area contributed by atoms with Crippen LogP contribution in [0.5, 0.6) is 5.75 Å². The molecule has 2 aliphatic rings. The minimum Gasteiger partial charge on any atom is -0.489 e. The zero-order chi connectivity index (χ0) is 34.7. The van der Waals surface area contributed by atoms with Gasteiger partial charge in [-0.25, -0.2) is 23.9 Å². The standard InChI is InChI=1S/C38H34N6O5S/c1-40-26-37(45)43-19-17-42(18-20-43)30-10-7-27(8-11-30)35-24-34-33(13-16-41-38(34)44(35)50(46,47)32-5-3-2-4-6-32)28-9-12-36(29(23-28)25-39)49-31-14-21-48-22-15-31/h2-13,16,23-24,31H,14-15,17-22,26H2. The van der Waals surface area contributed by atoms with Gasteiger partial charge in [0, 0.05) is 56.3 Å². The summed E-state index contributed by atoms with van der Waals surface area (Å²) in [6.07, 6.45) is 3.08. The second-order valence-electron chi connectivity index (χ2n) is 12.2. The second kappa shape index (κ2) is 14.0. The van der Waals surface area contributed by atoms with Gasteiger partial charge in [-0.15, -0.1) is 0 Å². The summed E-state index contributed by atoms with van der Waals surface area (Å²) in [5.41, 5.74) is 4.21. The van der Waals surface area contributed by atoms with Gasteiger partial charge >= 0.3 is 5.91 Å². The maximum atomic E-state index is 14.3. The number of rotatable bonds is 8. The van der Waals surface area contributed by atoms with Gasteiger partial charge in [0.05, 0.1) is 29.4 Å². The molecule has 3 aromatic carbocycles. The summed E-state index contributed by atoms with van der Waals surface area (Å²) in [6, 6.07) is 27.4. The molecule has 252 valence electrons. The first-order valence-electron chi connectivity index (χ1n) is 16.4. The topological polar surface area (TPSA) is 122 Å². The van der Waals surface area contributed by atoms with Gasteiger partial charge in [-0.3, -0.25) is 4.79 Å². The third-order valence-electron chi connectivity index (χ3n) is 9.19. The van der Waals surface area contributed by atoms with Crippen LogP contribution < -0.4 is 9.64 Å². The van der Waals surface area contributed by atoms with E-state index in [9.17, 15) is 18.5 Å². The fraction of sp³-hybridized carbons (Fsp3) is 0.263. The number of nitrogens with zero attached hydrogens (tertiary/aromatic N) is 6. The van der Waals surface area contributed by atoms with Crippen molar-refractivity contribution in [3.05, 3.63) is 108 Å². The fourth-order valence-corrected chi connectivity index (χ4v) is 8.06. The van der Waals surface area contributed by atoms with Crippen molar-refractivity contribution in [1.82, 2.24) is 13.9 Å². The van der Waals surface area contributed by atoms with Gasteiger partial charge < -0.3 is 24.1 Å². The lowest BCUT2D eigenvalue weighted by atomic mass is 10.0. The zero-order valence-electron chi connectivity index (χ0n) is 27.2. The first-order valence-corrected chi connectivity index (χ1v) is 17.9. The predicted octanol–water partition coefficient (Wildman–Crippen LogP) is 5.60. The number of fused-ring (bicyclic) bond motifs is 1. The number of pyridine rings is 1. The van der Waals surface area contributed by atoms with Crippen LogP contribution in [0.4, 0.5) is 5.69 Å². The number of hydrogen-bond donors (Lipinski definition) is 0. The van der Waals surface area contributed by atoms with Crippen LogP contribution in [0.2, 0.25) is 0 Å². The Hall–Kier alpha value is -5.69. The summed E-state index contributed by atoms with van der Waals surface area (Å²) in [7, 11) is -4.08. The van der Waals surface area contributed by atoms with E-state index in [1.165, 1.54) is 3.97 Å². The SMILES string of the molecule is [C-]#[N+]CC(=O)N1CCN(c2ccc(-c3cc4c(-c5ccc(OC6CCOCC6)c(C#N)c5)ccnc4n3S(=O)(=O)c3ccccc3)cc2)CC1. The van der Waals surface area contributed by atoms with Crippen LogP contribution in [0.15, 0.2) is 96.0 Å². The van der Waals surface area contributed by atoms with Gasteiger partial charge in [0.15, 0.2) is 5.65 Å². The van der Waals surface area contributed by atoms with E-state index in [1.54, 1.807) is 53.6 Å². The molecule has 0 unspecified atom stereocenters. The molecule has 2 aliphatic heterocycles. The smallest absolute Gasteiger partial charge is 0.302 e. The van der Waals surface area contributed by atoms with Gasteiger partial charge in [-0.1, -0.05) is 36.4 Å². The summed E-state index contributed by atoms with van der Waals surface area (Å²) in [4.78, 5) is 24.0. The second-order valence-corrected chi connectivity index (χ2v) is 14.0. The number of anilines is 1. The third kappa shape index (κ3) is 6.39. The Morgan fingerprint density at radius 3 is 2.38 bits per heavy atom. The molecule has 0 bridgehead atoms. The Morgan fingerprint density at radius 1 is 0.960 bits per heavy atom. The number of amides is 1. The molecule has 0 atom stereocenters. The number of ether oxygens (including phenoxy) is 2. The summed E-state index contributed by atoms with van der Waals surface area (Å²) in [6.45, 7) is 10.4. The minimum atomic E-state index is -4.08. The molecule has 11 nitrogen and oxygen atoms in total. The molecule has 0 aliphatic carbocycles. The Bertz CT molecular complexity index is 2230. The van der Waals surface area contributed by atoms with Crippen molar-refractivity contribution in [1.29, 1.82) is 5.26 Å². The zero-order valence-corrected chi connectivity index (χ0v) is 28.1. The highest BCUT2D eigenvalue weighted by Gasteiger charge is 2.27. The van der Waals surface area contributed by atoms with Crippen LogP contribution >= 0.6 is 0 Å². The summed E-state index contributed by atoms with van der Waals surface area (Å²) in [5.74, 6) is 0.355. The molecule has 4 heterocycles. The summed E-state index contributed by atoms with van der Waals surface area (Å²) < 4.78 is 41.6. The van der Waals surface area contributed by atoms with Crippen molar-refractivity contribution in [2.24, 2.45) is 0 Å². The van der Waals surface area contributed by atoms with E-state index in [4.69, 9.17) is 16.0 Å². The van der Waals surface area contributed by atoms with E-state index >= 15 is 0 Å². The van der Waals surface area contributed by atoms with Gasteiger partial charge in [0.1, 0.15) is 17.9 Å². The first-order chi connectivity index (χ1) is 24.4. The molecule has 0 saturated carbocycles. The Balaban J connectivity index is 1.27. The highest BCUT2D eigenvalue weighted by molar-refractivity contribution is 7.90. The molecule has 2 saturated heterocycles. The summed E-state index contributed by atoms with van der Waals surface area (Å²) >= 11 is 0. The van der Waals surface area contributed by atoms with E-state index < -0.39 is 10.0 Å². The monoisotopic (exact) mass is 686 g/mol. The average molecular weight is 687 g/mol. The molecule has 0 N–H and O–H groups in total. The van der Waals surface area contributed by atoms with E-state index in [0.717, 1.165) is 29.7 Å². The van der Waals surface area contributed by atoms with Gasteiger partial charge in [0.2, 0.25) is 0 Å². The van der Waals surface area contributed by atoms with Crippen LogP contribution in [0.25, 0.3) is 38.3 Å². The molecule has 12 heteroatoms. The lowest BCUT2D eigenvalue weighted by molar-refractivity contribution is -0.129. The van der Waals surface area contributed by atoms with Crippen molar-refractivity contribution in [3.63, 3.8) is 0 Å². The van der Waals surface area contributed by atoms with E-state index in [-0.39, 0.29) is 29.1 Å². The molecule has 5 aromatic rings. The number of aromatic nitrogens is 2. The Morgan fingerprint density at radius 2 is 1.68 bits per heavy atom. The normalized spacial score (nSPS) is 15.4. The number of nitriles is 1. The average Bonchev–Trinajstić information content (AvgIpc) is 3.57. The van der Waals surface area contributed by atoms with Crippen molar-refractivity contribution >= 4 is 32.7 Å². The Labute approximate surface area is 290 Å². The molecule has 0 radical (unpaired) electrons. The molecular weight excluding hydrogens is 653 g/mol. The molecule has 2 aromatic heterocycles. The highest BCUT2D eigenvalue weighted by Crippen LogP contribution is 2.38. The van der Waals surface area contributed by atoms with Crippen molar-refractivity contribution in [2.45, 2.75) is 23.8 Å². The van der Waals surface area contributed by atoms with Crippen LogP contribution in [0.3, 0.4) is 0 Å². The molecule has 2 fully saturated rings. The number of carbonyl (C=O) groups excluding carboxylic acids is 1. The van der Waals surface area contributed by atoms with Gasteiger partial charge in [0.25, 0.3) is 16.6 Å². The number of carbonyl (C=O) groups is 1. The maximum Gasteiger partial charge on any atom is 0.302 e. The van der Waals surface area contributed by atoms with Crippen LogP contribution in [-0.4, -0.2) is 80.2 Å². The lowest BCUT2D eigenvalue weighted by Crippen LogP contribution is -2.49. The van der Waals surface area contributed by atoms with Crippen LogP contribution in [0.1, 0.15) is 18.4 Å². The van der Waals surface area contributed by atoms with Crippen molar-refractivity contribution < 1.29 is 22.7 Å². The fourth-order valence-electron chi connectivity index (χ4n) is 6.55. The Kier molecular flexibility index (Phi) is 9.22. The largest absolute Gasteiger partial charge is 0.489 e. The summed E-state index contributed by atoms with van der Waals surface area (Å²) in [5, 5.41) is 10.7. The highest BCUT2D eigenvalue weighted by atomic mass is 32.2. The maximum absolute atomic E-state index is 14.3. The predicted molar refractivity (Wildman–Crippen MR) is 189 cm³/mol. The number of hydrogen-bond acceptors (Lipinski definition) is 8. The van der Waals surface area contributed by atoms with E-state index in [1.807, 2.05) is 42.5 Å². The van der Waals surface area contributed by atoms with E-state index in [0.29, 0.717) is 67.3 Å². The molecule has 0 spiro atoms. The lowest BCUT2D eigenvalue weighted by Gasteiger charge is -2.35.